The quantitative estimate of drug-likeness (QED) is 0.423. The van der Waals surface area contributed by atoms with Gasteiger partial charge in [-0.15, -0.1) is 0 Å². The number of hydrogen-bond acceptors (Lipinski definition) is 6. The lowest BCUT2D eigenvalue weighted by molar-refractivity contribution is -0.335. The van der Waals surface area contributed by atoms with Crippen LogP contribution in [0.15, 0.2) is 0 Å². The van der Waals surface area contributed by atoms with Crippen LogP contribution in [0.4, 0.5) is 0 Å². The van der Waals surface area contributed by atoms with Gasteiger partial charge in [0.25, 0.3) is 0 Å². The number of carboxylic acid groups (broad SMARTS) is 1. The molecule has 0 aromatic rings. The van der Waals surface area contributed by atoms with E-state index in [0.717, 1.165) is 6.92 Å². The summed E-state index contributed by atoms with van der Waals surface area (Å²) >= 11 is 0. The molecule has 0 aliphatic carbocycles. The van der Waals surface area contributed by atoms with Crippen LogP contribution in [0.25, 0.3) is 0 Å². The molecule has 15 heavy (non-hydrogen) atoms. The van der Waals surface area contributed by atoms with E-state index >= 15 is 0 Å². The van der Waals surface area contributed by atoms with Crippen LogP contribution in [0.3, 0.4) is 0 Å². The molecular weight excluding hydrogens is 208 g/mol. The molecule has 7 heteroatoms. The molecule has 4 N–H and O–H groups in total. The Bertz CT molecular complexity index is 251. The average molecular weight is 222 g/mol. The number of methoxy groups -OCH3 is 1. The molecule has 5 atom stereocenters. The first kappa shape index (κ1) is 12.3. The number of ether oxygens (including phenoxy) is 2. The smallest absolute Gasteiger partial charge is 0.335 e. The zero-order valence-corrected chi connectivity index (χ0v) is 8.32. The molecule has 0 spiro atoms. The van der Waals surface area contributed by atoms with E-state index in [0.29, 0.717) is 0 Å². The topological polar surface area (TPSA) is 116 Å². The van der Waals surface area contributed by atoms with E-state index in [1.54, 1.807) is 0 Å². The van der Waals surface area contributed by atoms with Gasteiger partial charge in [0.1, 0.15) is 18.3 Å². The van der Waals surface area contributed by atoms with Crippen LogP contribution in [0.2, 0.25) is 0 Å². The predicted octanol–water partition coefficient (Wildman–Crippen LogP) is -2.08. The molecule has 1 aliphatic rings. The Morgan fingerprint density at radius 1 is 1.47 bits per heavy atom. The van der Waals surface area contributed by atoms with Crippen molar-refractivity contribution in [1.29, 1.82) is 0 Å². The van der Waals surface area contributed by atoms with Gasteiger partial charge in [-0.3, -0.25) is 0 Å². The highest BCUT2D eigenvalue weighted by molar-refractivity contribution is 5.73. The van der Waals surface area contributed by atoms with Crippen LogP contribution in [0.1, 0.15) is 6.92 Å². The summed E-state index contributed by atoms with van der Waals surface area (Å²) < 4.78 is 9.46. The SMILES string of the molecule is CO[C@H]1[C@H](O)[C@@H](O)[C@@](C)(O)O[C@@H]1C(=O)O. The van der Waals surface area contributed by atoms with Gasteiger partial charge < -0.3 is 29.9 Å². The number of carboxylic acids is 1. The number of carbonyl (C=O) groups is 1. The van der Waals surface area contributed by atoms with Crippen LogP contribution < -0.4 is 0 Å². The highest BCUT2D eigenvalue weighted by Gasteiger charge is 2.53. The molecule has 7 nitrogen and oxygen atoms in total. The fourth-order valence-corrected chi connectivity index (χ4v) is 1.52. The summed E-state index contributed by atoms with van der Waals surface area (Å²) in [5, 5.41) is 37.2. The summed E-state index contributed by atoms with van der Waals surface area (Å²) in [5.41, 5.74) is 0. The van der Waals surface area contributed by atoms with Crippen molar-refractivity contribution in [2.75, 3.05) is 7.11 Å². The molecular formula is C8H14O7. The Balaban J connectivity index is 2.95. The third kappa shape index (κ3) is 2.11. The molecule has 0 radical (unpaired) electrons. The maximum Gasteiger partial charge on any atom is 0.335 e. The first-order chi connectivity index (χ1) is 6.81. The molecule has 0 saturated carbocycles. The largest absolute Gasteiger partial charge is 0.479 e. The highest BCUT2D eigenvalue weighted by Crippen LogP contribution is 2.29. The lowest BCUT2D eigenvalue weighted by Crippen LogP contribution is -2.65. The Kier molecular flexibility index (Phi) is 3.31. The summed E-state index contributed by atoms with van der Waals surface area (Å²) in [7, 11) is 1.18. The molecule has 1 rings (SSSR count). The molecule has 0 amide bonds. The molecule has 1 aliphatic heterocycles. The monoisotopic (exact) mass is 222 g/mol. The fraction of sp³-hybridized carbons (Fsp3) is 0.875. The molecule has 0 aromatic carbocycles. The molecule has 1 heterocycles. The lowest BCUT2D eigenvalue weighted by atomic mass is 9.93. The van der Waals surface area contributed by atoms with Gasteiger partial charge in [-0.05, 0) is 6.92 Å². The molecule has 1 saturated heterocycles. The first-order valence-corrected chi connectivity index (χ1v) is 4.33. The summed E-state index contributed by atoms with van der Waals surface area (Å²) in [6, 6.07) is 0. The van der Waals surface area contributed by atoms with Crippen molar-refractivity contribution in [1.82, 2.24) is 0 Å². The van der Waals surface area contributed by atoms with Crippen molar-refractivity contribution >= 4 is 5.97 Å². The van der Waals surface area contributed by atoms with E-state index < -0.39 is 36.2 Å². The highest BCUT2D eigenvalue weighted by atomic mass is 16.7. The minimum absolute atomic E-state index is 1.07. The van der Waals surface area contributed by atoms with Gasteiger partial charge in [-0.1, -0.05) is 0 Å². The second-order valence-corrected chi connectivity index (χ2v) is 3.57. The van der Waals surface area contributed by atoms with Crippen molar-refractivity contribution in [3.05, 3.63) is 0 Å². The van der Waals surface area contributed by atoms with E-state index in [9.17, 15) is 20.1 Å². The van der Waals surface area contributed by atoms with Crippen molar-refractivity contribution in [3.63, 3.8) is 0 Å². The Morgan fingerprint density at radius 2 is 2.00 bits per heavy atom. The second kappa shape index (κ2) is 4.03. The molecule has 0 aromatic heterocycles. The Morgan fingerprint density at radius 3 is 2.40 bits per heavy atom. The number of aliphatic hydroxyl groups excluding tert-OH is 2. The Labute approximate surface area is 85.9 Å². The van der Waals surface area contributed by atoms with Gasteiger partial charge >= 0.3 is 5.97 Å². The van der Waals surface area contributed by atoms with Crippen LogP contribution in [-0.2, 0) is 14.3 Å². The van der Waals surface area contributed by atoms with Gasteiger partial charge in [0.05, 0.1) is 0 Å². The van der Waals surface area contributed by atoms with Gasteiger partial charge in [0.15, 0.2) is 11.9 Å². The zero-order valence-electron chi connectivity index (χ0n) is 8.32. The molecule has 0 unspecified atom stereocenters. The molecule has 1 fully saturated rings. The van der Waals surface area contributed by atoms with Gasteiger partial charge in [-0.2, -0.15) is 0 Å². The summed E-state index contributed by atoms with van der Waals surface area (Å²) in [6.45, 7) is 1.07. The van der Waals surface area contributed by atoms with Gasteiger partial charge in [0, 0.05) is 7.11 Å². The van der Waals surface area contributed by atoms with E-state index in [1.807, 2.05) is 0 Å². The zero-order chi connectivity index (χ0) is 11.8. The van der Waals surface area contributed by atoms with Crippen molar-refractivity contribution in [3.8, 4) is 0 Å². The van der Waals surface area contributed by atoms with Gasteiger partial charge in [0.2, 0.25) is 0 Å². The molecule has 0 bridgehead atoms. The van der Waals surface area contributed by atoms with Crippen LogP contribution >= 0.6 is 0 Å². The third-order valence-electron chi connectivity index (χ3n) is 2.39. The third-order valence-corrected chi connectivity index (χ3v) is 2.39. The summed E-state index contributed by atoms with van der Waals surface area (Å²) in [6.07, 6.45) is -5.90. The maximum absolute atomic E-state index is 10.8. The Hall–Kier alpha value is -0.730. The molecule has 88 valence electrons. The van der Waals surface area contributed by atoms with Crippen molar-refractivity contribution in [2.45, 2.75) is 37.1 Å². The number of rotatable bonds is 2. The van der Waals surface area contributed by atoms with Crippen LogP contribution in [0, 0.1) is 0 Å². The van der Waals surface area contributed by atoms with E-state index in [1.165, 1.54) is 7.11 Å². The maximum atomic E-state index is 10.8. The van der Waals surface area contributed by atoms with Crippen molar-refractivity contribution < 1.29 is 34.7 Å². The number of aliphatic hydroxyl groups is 3. The minimum Gasteiger partial charge on any atom is -0.479 e. The van der Waals surface area contributed by atoms with Crippen LogP contribution in [0.5, 0.6) is 0 Å². The van der Waals surface area contributed by atoms with Crippen LogP contribution in [-0.4, -0.2) is 63.7 Å². The van der Waals surface area contributed by atoms with Gasteiger partial charge in [-0.25, -0.2) is 4.79 Å². The average Bonchev–Trinajstić information content (AvgIpc) is 2.13. The second-order valence-electron chi connectivity index (χ2n) is 3.57. The predicted molar refractivity (Wildman–Crippen MR) is 45.9 cm³/mol. The minimum atomic E-state index is -2.11. The summed E-state index contributed by atoms with van der Waals surface area (Å²) in [4.78, 5) is 10.8. The summed E-state index contributed by atoms with van der Waals surface area (Å²) in [5.74, 6) is -3.49. The number of aliphatic carboxylic acids is 1. The lowest BCUT2D eigenvalue weighted by Gasteiger charge is -2.43. The number of hydrogen-bond donors (Lipinski definition) is 4. The van der Waals surface area contributed by atoms with E-state index in [4.69, 9.17) is 14.6 Å². The van der Waals surface area contributed by atoms with E-state index in [2.05, 4.69) is 0 Å². The fourth-order valence-electron chi connectivity index (χ4n) is 1.52. The standard InChI is InChI=1S/C8H14O7/c1-8(13)6(10)3(9)4(14-2)5(15-8)7(11)12/h3-6,9-10,13H,1-2H3,(H,11,12)/t3-,4-,5-,6+,8-/m0/s1. The first-order valence-electron chi connectivity index (χ1n) is 4.33. The van der Waals surface area contributed by atoms with E-state index in [-0.39, 0.29) is 0 Å². The van der Waals surface area contributed by atoms with Crippen molar-refractivity contribution in [2.24, 2.45) is 0 Å². The normalized spacial score (nSPS) is 46.5.